The Morgan fingerprint density at radius 2 is 2.09 bits per heavy atom. The number of amides is 2. The first-order valence-corrected chi connectivity index (χ1v) is 8.39. The molecule has 2 rings (SSSR count). The number of hydrogen-bond donors (Lipinski definition) is 2. The molecule has 0 saturated carbocycles. The van der Waals surface area contributed by atoms with Crippen molar-refractivity contribution in [3.8, 4) is 0 Å². The van der Waals surface area contributed by atoms with Crippen molar-refractivity contribution in [2.24, 2.45) is 18.7 Å². The minimum Gasteiger partial charge on any atom is -0.369 e. The number of hydrogen-bond acceptors (Lipinski definition) is 4. The standard InChI is InChI=1S/C13H20N4O4S/c1-15-13(19)11-6-10(8-16(11)2)22(20,21)17-5-3-4-9(7-17)12(14)18/h6,8-9H,3-5,7H2,1-2H3,(H2,14,18)(H,15,19)/t9-/m1/s1. The fourth-order valence-corrected chi connectivity index (χ4v) is 4.17. The maximum atomic E-state index is 12.7. The van der Waals surface area contributed by atoms with Crippen molar-refractivity contribution in [2.45, 2.75) is 17.7 Å². The summed E-state index contributed by atoms with van der Waals surface area (Å²) >= 11 is 0. The lowest BCUT2D eigenvalue weighted by Gasteiger charge is -2.29. The Morgan fingerprint density at radius 3 is 2.68 bits per heavy atom. The number of sulfonamides is 1. The lowest BCUT2D eigenvalue weighted by atomic mass is 9.99. The third kappa shape index (κ3) is 3.00. The van der Waals surface area contributed by atoms with E-state index in [1.165, 1.54) is 28.2 Å². The van der Waals surface area contributed by atoms with Gasteiger partial charge in [0.1, 0.15) is 10.6 Å². The van der Waals surface area contributed by atoms with Crippen molar-refractivity contribution in [1.29, 1.82) is 0 Å². The highest BCUT2D eigenvalue weighted by atomic mass is 32.2. The molecular weight excluding hydrogens is 308 g/mol. The van der Waals surface area contributed by atoms with Crippen molar-refractivity contribution >= 4 is 21.8 Å². The number of aromatic nitrogens is 1. The van der Waals surface area contributed by atoms with E-state index in [2.05, 4.69) is 5.32 Å². The van der Waals surface area contributed by atoms with E-state index < -0.39 is 21.8 Å². The summed E-state index contributed by atoms with van der Waals surface area (Å²) < 4.78 is 28.0. The number of carbonyl (C=O) groups excluding carboxylic acids is 2. The average molecular weight is 328 g/mol. The van der Waals surface area contributed by atoms with Crippen LogP contribution >= 0.6 is 0 Å². The first-order valence-electron chi connectivity index (χ1n) is 6.95. The van der Waals surface area contributed by atoms with E-state index in [9.17, 15) is 18.0 Å². The molecule has 1 aromatic rings. The lowest BCUT2D eigenvalue weighted by Crippen LogP contribution is -2.43. The van der Waals surface area contributed by atoms with Gasteiger partial charge in [-0.05, 0) is 18.9 Å². The minimum atomic E-state index is -3.75. The van der Waals surface area contributed by atoms with Crippen LogP contribution in [0.5, 0.6) is 0 Å². The summed E-state index contributed by atoms with van der Waals surface area (Å²) in [6.07, 6.45) is 2.58. The molecule has 1 aromatic heterocycles. The number of carbonyl (C=O) groups is 2. The number of rotatable bonds is 4. The minimum absolute atomic E-state index is 0.0405. The molecule has 2 heterocycles. The van der Waals surface area contributed by atoms with Crippen LogP contribution in [0, 0.1) is 5.92 Å². The van der Waals surface area contributed by atoms with Gasteiger partial charge in [0.15, 0.2) is 0 Å². The third-order valence-electron chi connectivity index (χ3n) is 3.86. The quantitative estimate of drug-likeness (QED) is 0.758. The van der Waals surface area contributed by atoms with Crippen molar-refractivity contribution in [1.82, 2.24) is 14.2 Å². The van der Waals surface area contributed by atoms with E-state index in [4.69, 9.17) is 5.73 Å². The van der Waals surface area contributed by atoms with E-state index in [1.807, 2.05) is 0 Å². The van der Waals surface area contributed by atoms with Crippen LogP contribution in [0.1, 0.15) is 23.3 Å². The van der Waals surface area contributed by atoms with Gasteiger partial charge in [0.25, 0.3) is 5.91 Å². The highest BCUT2D eigenvalue weighted by Gasteiger charge is 2.33. The Labute approximate surface area is 129 Å². The van der Waals surface area contributed by atoms with Gasteiger partial charge in [-0.25, -0.2) is 8.42 Å². The summed E-state index contributed by atoms with van der Waals surface area (Å²) in [5.41, 5.74) is 5.53. The number of nitrogens with zero attached hydrogens (tertiary/aromatic N) is 2. The van der Waals surface area contributed by atoms with Crippen molar-refractivity contribution in [2.75, 3.05) is 20.1 Å². The third-order valence-corrected chi connectivity index (χ3v) is 5.69. The SMILES string of the molecule is CNC(=O)c1cc(S(=O)(=O)N2CCC[C@@H](C(N)=O)C2)cn1C. The molecule has 9 heteroatoms. The van der Waals surface area contributed by atoms with E-state index >= 15 is 0 Å². The second-order valence-corrected chi connectivity index (χ2v) is 7.29. The Bertz CT molecular complexity index is 695. The molecule has 1 aliphatic rings. The van der Waals surface area contributed by atoms with E-state index in [-0.39, 0.29) is 23.0 Å². The molecule has 122 valence electrons. The normalized spacial score (nSPS) is 19.8. The molecule has 0 aliphatic carbocycles. The second-order valence-electron chi connectivity index (χ2n) is 5.36. The van der Waals surface area contributed by atoms with Crippen LogP contribution in [0.2, 0.25) is 0 Å². The van der Waals surface area contributed by atoms with Gasteiger partial charge in [-0.2, -0.15) is 4.31 Å². The fourth-order valence-electron chi connectivity index (χ4n) is 2.57. The molecule has 0 unspecified atom stereocenters. The smallest absolute Gasteiger partial charge is 0.267 e. The van der Waals surface area contributed by atoms with E-state index in [0.717, 1.165) is 0 Å². The van der Waals surface area contributed by atoms with Gasteiger partial charge in [0, 0.05) is 33.4 Å². The molecule has 22 heavy (non-hydrogen) atoms. The molecule has 8 nitrogen and oxygen atoms in total. The highest BCUT2D eigenvalue weighted by molar-refractivity contribution is 7.89. The van der Waals surface area contributed by atoms with Gasteiger partial charge in [0.05, 0.1) is 5.92 Å². The van der Waals surface area contributed by atoms with Gasteiger partial charge in [-0.15, -0.1) is 0 Å². The molecular formula is C13H20N4O4S. The Hall–Kier alpha value is -1.87. The van der Waals surface area contributed by atoms with Gasteiger partial charge in [-0.1, -0.05) is 0 Å². The van der Waals surface area contributed by atoms with Gasteiger partial charge in [-0.3, -0.25) is 9.59 Å². The van der Waals surface area contributed by atoms with Crippen LogP contribution in [0.25, 0.3) is 0 Å². The molecule has 0 bridgehead atoms. The maximum absolute atomic E-state index is 12.7. The number of piperidine rings is 1. The van der Waals surface area contributed by atoms with Crippen LogP contribution in [0.3, 0.4) is 0 Å². The second kappa shape index (κ2) is 6.09. The molecule has 2 amide bonds. The molecule has 0 aromatic carbocycles. The predicted octanol–water partition coefficient (Wildman–Crippen LogP) is -0.729. The summed E-state index contributed by atoms with van der Waals surface area (Å²) in [6, 6.07) is 1.34. The Balaban J connectivity index is 2.30. The van der Waals surface area contributed by atoms with Crippen molar-refractivity contribution in [3.05, 3.63) is 18.0 Å². The largest absolute Gasteiger partial charge is 0.369 e. The molecule has 1 aliphatic heterocycles. The summed E-state index contributed by atoms with van der Waals surface area (Å²) in [6.45, 7) is 0.429. The Morgan fingerprint density at radius 1 is 1.41 bits per heavy atom. The van der Waals surface area contributed by atoms with Crippen molar-refractivity contribution in [3.63, 3.8) is 0 Å². The van der Waals surface area contributed by atoms with Gasteiger partial charge in [0.2, 0.25) is 15.9 Å². The first kappa shape index (κ1) is 16.5. The zero-order chi connectivity index (χ0) is 16.5. The number of aryl methyl sites for hydroxylation is 1. The topological polar surface area (TPSA) is 114 Å². The molecule has 1 atom stereocenters. The number of nitrogens with one attached hydrogen (secondary N) is 1. The number of primary amides is 1. The Kier molecular flexibility index (Phi) is 4.57. The predicted molar refractivity (Wildman–Crippen MR) is 79.5 cm³/mol. The number of nitrogens with two attached hydrogens (primary N) is 1. The molecule has 1 fully saturated rings. The zero-order valence-corrected chi connectivity index (χ0v) is 13.4. The van der Waals surface area contributed by atoms with Gasteiger partial charge < -0.3 is 15.6 Å². The summed E-state index contributed by atoms with van der Waals surface area (Å²) in [5.74, 6) is -1.32. The monoisotopic (exact) mass is 328 g/mol. The van der Waals surface area contributed by atoms with Crippen molar-refractivity contribution < 1.29 is 18.0 Å². The highest BCUT2D eigenvalue weighted by Crippen LogP contribution is 2.24. The summed E-state index contributed by atoms with van der Waals surface area (Å²) in [4.78, 5) is 23.0. The van der Waals surface area contributed by atoms with E-state index in [0.29, 0.717) is 19.4 Å². The maximum Gasteiger partial charge on any atom is 0.267 e. The fraction of sp³-hybridized carbons (Fsp3) is 0.538. The van der Waals surface area contributed by atoms with Crippen LogP contribution < -0.4 is 11.1 Å². The lowest BCUT2D eigenvalue weighted by molar-refractivity contribution is -0.122. The first-order chi connectivity index (χ1) is 10.3. The van der Waals surface area contributed by atoms with Crippen LogP contribution in [-0.2, 0) is 21.9 Å². The molecule has 1 saturated heterocycles. The summed E-state index contributed by atoms with van der Waals surface area (Å²) in [5, 5.41) is 2.46. The molecule has 0 radical (unpaired) electrons. The van der Waals surface area contributed by atoms with Gasteiger partial charge >= 0.3 is 0 Å². The average Bonchev–Trinajstić information content (AvgIpc) is 2.89. The van der Waals surface area contributed by atoms with Crippen LogP contribution in [0.4, 0.5) is 0 Å². The molecule has 3 N–H and O–H groups in total. The van der Waals surface area contributed by atoms with E-state index in [1.54, 1.807) is 7.05 Å². The van der Waals surface area contributed by atoms with Crippen LogP contribution in [0.15, 0.2) is 17.2 Å². The van der Waals surface area contributed by atoms with Crippen LogP contribution in [-0.4, -0.2) is 49.2 Å². The molecule has 0 spiro atoms. The zero-order valence-electron chi connectivity index (χ0n) is 12.6. The summed E-state index contributed by atoms with van der Waals surface area (Å²) in [7, 11) is -0.666.